The number of nitrogens with zero attached hydrogens (tertiary/aromatic N) is 3. The van der Waals surface area contributed by atoms with E-state index in [1.165, 1.54) is 23.5 Å². The molecule has 0 saturated carbocycles. The fourth-order valence-electron chi connectivity index (χ4n) is 4.88. The maximum absolute atomic E-state index is 13.8. The van der Waals surface area contributed by atoms with Crippen molar-refractivity contribution in [3.05, 3.63) is 94.0 Å². The van der Waals surface area contributed by atoms with Gasteiger partial charge in [-0.15, -0.1) is 11.3 Å². The minimum atomic E-state index is -4.52. The Morgan fingerprint density at radius 3 is 2.32 bits per heavy atom. The number of benzene rings is 2. The first kappa shape index (κ1) is 25.7. The molecule has 0 saturated heterocycles. The predicted molar refractivity (Wildman–Crippen MR) is 140 cm³/mol. The van der Waals surface area contributed by atoms with Crippen molar-refractivity contribution in [2.75, 3.05) is 11.9 Å². The largest absolute Gasteiger partial charge is 0.416 e. The zero-order chi connectivity index (χ0) is 27.0. The number of aromatic nitrogens is 2. The molecule has 1 aliphatic heterocycles. The number of halogens is 3. The second-order valence-electron chi connectivity index (χ2n) is 9.16. The van der Waals surface area contributed by atoms with E-state index in [9.17, 15) is 22.8 Å². The van der Waals surface area contributed by atoms with Crippen LogP contribution in [0.3, 0.4) is 0 Å². The fraction of sp³-hybridized carbons (Fsp3) is 0.250. The normalized spacial score (nSPS) is 14.2. The van der Waals surface area contributed by atoms with Crippen LogP contribution in [0.2, 0.25) is 0 Å². The smallest absolute Gasteiger partial charge is 0.372 e. The van der Waals surface area contributed by atoms with Gasteiger partial charge in [-0.25, -0.2) is 0 Å². The molecule has 0 fully saturated rings. The highest BCUT2D eigenvalue weighted by Crippen LogP contribution is 2.35. The molecule has 38 heavy (non-hydrogen) atoms. The monoisotopic (exact) mass is 538 g/mol. The molecule has 6 nitrogen and oxygen atoms in total. The highest BCUT2D eigenvalue weighted by atomic mass is 32.1. The van der Waals surface area contributed by atoms with Gasteiger partial charge in [-0.2, -0.15) is 18.3 Å². The van der Waals surface area contributed by atoms with Gasteiger partial charge in [-0.05, 0) is 48.2 Å². The molecule has 0 aliphatic carbocycles. The standard InChI is InChI=1S/C28H25F3N4O2S/c1-3-17-14-32-34(2)25(17)19-13-24(38-16-19)33-20(12-18-8-4-7-11-23(18)28(29,30)31)15-35-26(36)21-9-5-6-10-22(21)27(35)37/h4-11,13-14,16,20,33H,3,12,15H2,1-2H3/t20-/m0/s1. The summed E-state index contributed by atoms with van der Waals surface area (Å²) in [5, 5.41) is 10.3. The number of fused-ring (bicyclic) bond motifs is 1. The third-order valence-corrected chi connectivity index (χ3v) is 7.55. The van der Waals surface area contributed by atoms with Gasteiger partial charge in [-0.1, -0.05) is 37.3 Å². The molecule has 2 aromatic carbocycles. The van der Waals surface area contributed by atoms with Gasteiger partial charge in [0.15, 0.2) is 0 Å². The molecule has 3 heterocycles. The number of alkyl halides is 3. The molecular formula is C28H25F3N4O2S. The SMILES string of the molecule is CCc1cnn(C)c1-c1csc(N[C@@H](Cc2ccccc2C(F)(F)F)CN2C(=O)c3ccccc3C2=O)c1. The average molecular weight is 539 g/mol. The topological polar surface area (TPSA) is 67.2 Å². The number of carbonyl (C=O) groups excluding carboxylic acids is 2. The van der Waals surface area contributed by atoms with Crippen molar-refractivity contribution < 1.29 is 22.8 Å². The van der Waals surface area contributed by atoms with Gasteiger partial charge in [0.25, 0.3) is 11.8 Å². The predicted octanol–water partition coefficient (Wildman–Crippen LogP) is 6.05. The summed E-state index contributed by atoms with van der Waals surface area (Å²) >= 11 is 1.41. The third-order valence-electron chi connectivity index (χ3n) is 6.68. The summed E-state index contributed by atoms with van der Waals surface area (Å²) in [6.07, 6.45) is -1.94. The molecule has 10 heteroatoms. The minimum Gasteiger partial charge on any atom is -0.372 e. The number of rotatable bonds is 8. The summed E-state index contributed by atoms with van der Waals surface area (Å²) in [6, 6.07) is 13.2. The molecular weight excluding hydrogens is 513 g/mol. The average Bonchev–Trinajstić information content (AvgIpc) is 3.57. The molecule has 0 spiro atoms. The lowest BCUT2D eigenvalue weighted by Crippen LogP contribution is -2.41. The molecule has 4 aromatic rings. The first-order valence-corrected chi connectivity index (χ1v) is 13.0. The second-order valence-corrected chi connectivity index (χ2v) is 10.1. The number of hydrogen-bond acceptors (Lipinski definition) is 5. The minimum absolute atomic E-state index is 0.0394. The number of carbonyl (C=O) groups is 2. The Bertz CT molecular complexity index is 1470. The van der Waals surface area contributed by atoms with E-state index >= 15 is 0 Å². The van der Waals surface area contributed by atoms with Crippen LogP contribution in [0.15, 0.2) is 66.2 Å². The number of hydrogen-bond donors (Lipinski definition) is 1. The molecule has 0 radical (unpaired) electrons. The zero-order valence-corrected chi connectivity index (χ0v) is 21.6. The van der Waals surface area contributed by atoms with Gasteiger partial charge in [0.1, 0.15) is 0 Å². The van der Waals surface area contributed by atoms with E-state index in [1.807, 2.05) is 31.6 Å². The van der Waals surface area contributed by atoms with E-state index in [2.05, 4.69) is 10.4 Å². The molecule has 1 atom stereocenters. The van der Waals surface area contributed by atoms with Gasteiger partial charge < -0.3 is 5.32 Å². The van der Waals surface area contributed by atoms with Crippen LogP contribution < -0.4 is 5.32 Å². The van der Waals surface area contributed by atoms with Gasteiger partial charge in [0.05, 0.1) is 33.6 Å². The highest BCUT2D eigenvalue weighted by Gasteiger charge is 2.38. The van der Waals surface area contributed by atoms with Crippen molar-refractivity contribution in [3.8, 4) is 11.3 Å². The lowest BCUT2D eigenvalue weighted by atomic mass is 9.99. The first-order valence-electron chi connectivity index (χ1n) is 12.1. The lowest BCUT2D eigenvalue weighted by molar-refractivity contribution is -0.138. The van der Waals surface area contributed by atoms with E-state index in [0.717, 1.165) is 34.2 Å². The second kappa shape index (κ2) is 10.1. The zero-order valence-electron chi connectivity index (χ0n) is 20.7. The molecule has 2 amide bonds. The van der Waals surface area contributed by atoms with Crippen molar-refractivity contribution >= 4 is 28.2 Å². The van der Waals surface area contributed by atoms with Crippen molar-refractivity contribution in [2.45, 2.75) is 32.0 Å². The molecule has 196 valence electrons. The van der Waals surface area contributed by atoms with E-state index in [1.54, 1.807) is 35.0 Å². The third kappa shape index (κ3) is 4.83. The summed E-state index contributed by atoms with van der Waals surface area (Å²) in [4.78, 5) is 27.2. The van der Waals surface area contributed by atoms with Gasteiger partial charge in [-0.3, -0.25) is 19.2 Å². The Morgan fingerprint density at radius 2 is 1.66 bits per heavy atom. The number of amides is 2. The Balaban J connectivity index is 1.46. The molecule has 5 rings (SSSR count). The van der Waals surface area contributed by atoms with Gasteiger partial charge >= 0.3 is 6.18 Å². The van der Waals surface area contributed by atoms with Crippen LogP contribution in [0.1, 0.15) is 44.3 Å². The number of imide groups is 1. The quantitative estimate of drug-likeness (QED) is 0.278. The highest BCUT2D eigenvalue weighted by molar-refractivity contribution is 7.14. The van der Waals surface area contributed by atoms with E-state index in [4.69, 9.17) is 0 Å². The molecule has 1 N–H and O–H groups in total. The van der Waals surface area contributed by atoms with Crippen LogP contribution in [0.4, 0.5) is 18.2 Å². The Kier molecular flexibility index (Phi) is 6.83. The summed E-state index contributed by atoms with van der Waals surface area (Å²) in [5.74, 6) is -0.897. The van der Waals surface area contributed by atoms with Crippen molar-refractivity contribution in [3.63, 3.8) is 0 Å². The van der Waals surface area contributed by atoms with Crippen LogP contribution >= 0.6 is 11.3 Å². The van der Waals surface area contributed by atoms with E-state index in [0.29, 0.717) is 16.1 Å². The Hall–Kier alpha value is -3.92. The van der Waals surface area contributed by atoms with Crippen LogP contribution in [0, 0.1) is 0 Å². The van der Waals surface area contributed by atoms with E-state index < -0.39 is 29.6 Å². The summed E-state index contributed by atoms with van der Waals surface area (Å²) < 4.78 is 43.1. The van der Waals surface area contributed by atoms with E-state index in [-0.39, 0.29) is 18.5 Å². The lowest BCUT2D eigenvalue weighted by Gasteiger charge is -2.25. The molecule has 0 bridgehead atoms. The summed E-state index contributed by atoms with van der Waals surface area (Å²) in [7, 11) is 1.86. The Labute approximate surface area is 221 Å². The van der Waals surface area contributed by atoms with Crippen LogP contribution in [0.5, 0.6) is 0 Å². The molecule has 2 aromatic heterocycles. The van der Waals surface area contributed by atoms with Gasteiger partial charge in [0.2, 0.25) is 0 Å². The number of nitrogens with one attached hydrogen (secondary N) is 1. The van der Waals surface area contributed by atoms with Crippen LogP contribution in [-0.2, 0) is 26.1 Å². The van der Waals surface area contributed by atoms with Crippen molar-refractivity contribution in [1.82, 2.24) is 14.7 Å². The Morgan fingerprint density at radius 1 is 1.00 bits per heavy atom. The van der Waals surface area contributed by atoms with Gasteiger partial charge in [0, 0.05) is 30.6 Å². The molecule has 0 unspecified atom stereocenters. The van der Waals surface area contributed by atoms with Crippen LogP contribution in [-0.4, -0.2) is 39.1 Å². The number of aryl methyl sites for hydroxylation is 2. The molecule has 1 aliphatic rings. The van der Waals surface area contributed by atoms with Crippen molar-refractivity contribution in [2.24, 2.45) is 7.05 Å². The maximum atomic E-state index is 13.8. The van der Waals surface area contributed by atoms with Crippen LogP contribution in [0.25, 0.3) is 11.3 Å². The summed E-state index contributed by atoms with van der Waals surface area (Å²) in [5.41, 5.74) is 2.94. The summed E-state index contributed by atoms with van der Waals surface area (Å²) in [6.45, 7) is 1.96. The first-order chi connectivity index (χ1) is 18.2. The maximum Gasteiger partial charge on any atom is 0.416 e. The number of thiophene rings is 1. The van der Waals surface area contributed by atoms with Crippen molar-refractivity contribution in [1.29, 1.82) is 0 Å². The number of anilines is 1. The fourth-order valence-corrected chi connectivity index (χ4v) is 5.74.